The van der Waals surface area contributed by atoms with Crippen LogP contribution in [0.3, 0.4) is 0 Å². The number of carbonyl (C=O) groups is 2. The molecule has 1 aliphatic rings. The van der Waals surface area contributed by atoms with Gasteiger partial charge in [-0.25, -0.2) is 4.79 Å². The predicted molar refractivity (Wildman–Crippen MR) is 80.0 cm³/mol. The van der Waals surface area contributed by atoms with E-state index in [-0.39, 0.29) is 30.2 Å². The summed E-state index contributed by atoms with van der Waals surface area (Å²) in [7, 11) is 1.37. The second kappa shape index (κ2) is 7.11. The molecule has 1 amide bonds. The maximum Gasteiger partial charge on any atom is 0.410 e. The first-order valence-electron chi connectivity index (χ1n) is 7.49. The fraction of sp³-hybridized carbons (Fsp3) is 0.867. The highest BCUT2D eigenvalue weighted by atomic mass is 16.6. The molecule has 1 aliphatic heterocycles. The summed E-state index contributed by atoms with van der Waals surface area (Å²) in [6.07, 6.45) is 1.50. The van der Waals surface area contributed by atoms with Crippen LogP contribution in [0.15, 0.2) is 0 Å². The van der Waals surface area contributed by atoms with Crippen molar-refractivity contribution in [1.82, 2.24) is 10.2 Å². The number of amides is 1. The van der Waals surface area contributed by atoms with Crippen LogP contribution in [-0.4, -0.2) is 54.3 Å². The van der Waals surface area contributed by atoms with E-state index in [0.717, 1.165) is 12.8 Å². The SMILES string of the molecule is COC(=O)C(C)NC1CCCN(C(=O)OC(C)(C)C)C1C. The molecule has 3 atom stereocenters. The summed E-state index contributed by atoms with van der Waals surface area (Å²) < 4.78 is 10.2. The van der Waals surface area contributed by atoms with Gasteiger partial charge in [0.2, 0.25) is 0 Å². The normalized spacial score (nSPS) is 24.4. The topological polar surface area (TPSA) is 67.9 Å². The zero-order chi connectivity index (χ0) is 16.2. The lowest BCUT2D eigenvalue weighted by Gasteiger charge is -2.40. The van der Waals surface area contributed by atoms with Crippen molar-refractivity contribution in [3.63, 3.8) is 0 Å². The van der Waals surface area contributed by atoms with Crippen LogP contribution in [0.2, 0.25) is 0 Å². The molecule has 0 radical (unpaired) electrons. The van der Waals surface area contributed by atoms with Gasteiger partial charge in [-0.15, -0.1) is 0 Å². The fourth-order valence-electron chi connectivity index (χ4n) is 2.51. The Bertz CT molecular complexity index is 378. The molecule has 21 heavy (non-hydrogen) atoms. The Labute approximate surface area is 127 Å². The summed E-state index contributed by atoms with van der Waals surface area (Å²) in [6, 6.07) is -0.359. The van der Waals surface area contributed by atoms with Gasteiger partial charge in [0.25, 0.3) is 0 Å². The number of carbonyl (C=O) groups excluding carboxylic acids is 2. The number of hydrogen-bond donors (Lipinski definition) is 1. The third-order valence-corrected chi connectivity index (χ3v) is 3.63. The second-order valence-corrected chi connectivity index (χ2v) is 6.57. The fourth-order valence-corrected chi connectivity index (χ4v) is 2.51. The number of likely N-dealkylation sites (tertiary alicyclic amines) is 1. The molecule has 0 aromatic rings. The summed E-state index contributed by atoms with van der Waals surface area (Å²) in [5.74, 6) is -0.295. The number of esters is 1. The van der Waals surface area contributed by atoms with Crippen LogP contribution in [0, 0.1) is 0 Å². The van der Waals surface area contributed by atoms with Gasteiger partial charge in [0, 0.05) is 18.6 Å². The maximum absolute atomic E-state index is 12.2. The average Bonchev–Trinajstić information content (AvgIpc) is 2.37. The van der Waals surface area contributed by atoms with Gasteiger partial charge in [-0.2, -0.15) is 0 Å². The van der Waals surface area contributed by atoms with Gasteiger partial charge in [-0.1, -0.05) is 0 Å². The lowest BCUT2D eigenvalue weighted by molar-refractivity contribution is -0.143. The molecule has 0 aliphatic carbocycles. The van der Waals surface area contributed by atoms with Gasteiger partial charge in [-0.05, 0) is 47.5 Å². The molecular formula is C15H28N2O4. The summed E-state index contributed by atoms with van der Waals surface area (Å²) in [6.45, 7) is 9.99. The molecule has 1 fully saturated rings. The van der Waals surface area contributed by atoms with Gasteiger partial charge in [0.15, 0.2) is 0 Å². The second-order valence-electron chi connectivity index (χ2n) is 6.57. The van der Waals surface area contributed by atoms with Gasteiger partial charge in [0.05, 0.1) is 7.11 Å². The highest BCUT2D eigenvalue weighted by molar-refractivity contribution is 5.75. The summed E-state index contributed by atoms with van der Waals surface area (Å²) in [5, 5.41) is 3.24. The molecule has 122 valence electrons. The monoisotopic (exact) mass is 300 g/mol. The number of hydrogen-bond acceptors (Lipinski definition) is 5. The molecule has 1 saturated heterocycles. The average molecular weight is 300 g/mol. The quantitative estimate of drug-likeness (QED) is 0.807. The van der Waals surface area contributed by atoms with E-state index in [4.69, 9.17) is 9.47 Å². The first-order chi connectivity index (χ1) is 9.65. The van der Waals surface area contributed by atoms with Crippen molar-refractivity contribution in [3.8, 4) is 0 Å². The largest absolute Gasteiger partial charge is 0.468 e. The van der Waals surface area contributed by atoms with Gasteiger partial charge >= 0.3 is 12.1 Å². The molecule has 3 unspecified atom stereocenters. The van der Waals surface area contributed by atoms with Crippen LogP contribution in [0.5, 0.6) is 0 Å². The van der Waals surface area contributed by atoms with E-state index < -0.39 is 5.60 Å². The van der Waals surface area contributed by atoms with E-state index in [1.165, 1.54) is 7.11 Å². The van der Waals surface area contributed by atoms with E-state index in [1.807, 2.05) is 27.7 Å². The van der Waals surface area contributed by atoms with Crippen LogP contribution in [0.4, 0.5) is 4.79 Å². The van der Waals surface area contributed by atoms with Crippen LogP contribution >= 0.6 is 0 Å². The van der Waals surface area contributed by atoms with E-state index >= 15 is 0 Å². The van der Waals surface area contributed by atoms with Gasteiger partial charge in [0.1, 0.15) is 11.6 Å². The molecule has 1 heterocycles. The molecule has 6 nitrogen and oxygen atoms in total. The molecule has 0 aromatic heterocycles. The summed E-state index contributed by atoms with van der Waals surface area (Å²) in [5.41, 5.74) is -0.503. The van der Waals surface area contributed by atoms with Gasteiger partial charge in [-0.3, -0.25) is 10.1 Å². The van der Waals surface area contributed by atoms with Crippen LogP contribution in [0.1, 0.15) is 47.5 Å². The Morgan fingerprint density at radius 3 is 2.48 bits per heavy atom. The first-order valence-corrected chi connectivity index (χ1v) is 7.49. The number of piperidine rings is 1. The number of rotatable bonds is 3. The van der Waals surface area contributed by atoms with E-state index in [1.54, 1.807) is 11.8 Å². The Kier molecular flexibility index (Phi) is 6.01. The highest BCUT2D eigenvalue weighted by Gasteiger charge is 2.34. The van der Waals surface area contributed by atoms with E-state index in [9.17, 15) is 9.59 Å². The number of methoxy groups -OCH3 is 1. The standard InChI is InChI=1S/C15H28N2O4/c1-10(13(18)20-6)16-12-8-7-9-17(11(12)2)14(19)21-15(3,4)5/h10-12,16H,7-9H2,1-6H3. The predicted octanol–water partition coefficient (Wildman–Crippen LogP) is 1.93. The van der Waals surface area contributed by atoms with Crippen molar-refractivity contribution in [1.29, 1.82) is 0 Å². The lowest BCUT2D eigenvalue weighted by Crippen LogP contribution is -2.57. The smallest absolute Gasteiger partial charge is 0.410 e. The van der Waals surface area contributed by atoms with Crippen molar-refractivity contribution in [3.05, 3.63) is 0 Å². The molecule has 0 aromatic carbocycles. The minimum Gasteiger partial charge on any atom is -0.468 e. The number of nitrogens with one attached hydrogen (secondary N) is 1. The van der Waals surface area contributed by atoms with Crippen molar-refractivity contribution < 1.29 is 19.1 Å². The Balaban J connectivity index is 2.66. The van der Waals surface area contributed by atoms with E-state index in [0.29, 0.717) is 6.54 Å². The Morgan fingerprint density at radius 1 is 1.33 bits per heavy atom. The number of nitrogens with zero attached hydrogens (tertiary/aromatic N) is 1. The molecule has 1 N–H and O–H groups in total. The third-order valence-electron chi connectivity index (χ3n) is 3.63. The minimum absolute atomic E-state index is 0.0271. The molecule has 0 bridgehead atoms. The Hall–Kier alpha value is -1.30. The molecular weight excluding hydrogens is 272 g/mol. The van der Waals surface area contributed by atoms with Crippen LogP contribution in [0.25, 0.3) is 0 Å². The molecule has 1 rings (SSSR count). The summed E-state index contributed by atoms with van der Waals surface area (Å²) >= 11 is 0. The zero-order valence-corrected chi connectivity index (χ0v) is 13.9. The van der Waals surface area contributed by atoms with Crippen molar-refractivity contribution in [2.75, 3.05) is 13.7 Å². The van der Waals surface area contributed by atoms with Crippen molar-refractivity contribution in [2.24, 2.45) is 0 Å². The first kappa shape index (κ1) is 17.8. The highest BCUT2D eigenvalue weighted by Crippen LogP contribution is 2.21. The zero-order valence-electron chi connectivity index (χ0n) is 13.9. The molecule has 0 spiro atoms. The maximum atomic E-state index is 12.2. The summed E-state index contributed by atoms with van der Waals surface area (Å²) in [4.78, 5) is 25.5. The molecule has 6 heteroatoms. The third kappa shape index (κ3) is 5.19. The van der Waals surface area contributed by atoms with E-state index in [2.05, 4.69) is 5.32 Å². The lowest BCUT2D eigenvalue weighted by atomic mass is 9.97. The van der Waals surface area contributed by atoms with Crippen LogP contribution < -0.4 is 5.32 Å². The Morgan fingerprint density at radius 2 is 1.95 bits per heavy atom. The molecule has 0 saturated carbocycles. The van der Waals surface area contributed by atoms with Crippen molar-refractivity contribution >= 4 is 12.1 Å². The van der Waals surface area contributed by atoms with Crippen LogP contribution in [-0.2, 0) is 14.3 Å². The number of ether oxygens (including phenoxy) is 2. The van der Waals surface area contributed by atoms with Gasteiger partial charge < -0.3 is 14.4 Å². The van der Waals surface area contributed by atoms with Crippen molar-refractivity contribution in [2.45, 2.75) is 71.2 Å². The minimum atomic E-state index is -0.503.